The molecule has 4 aromatic rings. The Balaban J connectivity index is 1.72. The summed E-state index contributed by atoms with van der Waals surface area (Å²) >= 11 is 1.67. The van der Waals surface area contributed by atoms with Gasteiger partial charge in [-0.3, -0.25) is 0 Å². The summed E-state index contributed by atoms with van der Waals surface area (Å²) in [5.74, 6) is 0.854. The highest BCUT2D eigenvalue weighted by molar-refractivity contribution is 7.99. The third-order valence-corrected chi connectivity index (χ3v) is 4.80. The average molecular weight is 333 g/mol. The number of aromatic amines is 1. The van der Waals surface area contributed by atoms with Crippen molar-refractivity contribution in [1.29, 1.82) is 0 Å². The number of H-pyrrole nitrogens is 1. The highest BCUT2D eigenvalue weighted by Gasteiger charge is 2.12. The number of benzene rings is 2. The summed E-state index contributed by atoms with van der Waals surface area (Å²) in [4.78, 5) is 14.5. The molecular formula is C19H15N3OS. The van der Waals surface area contributed by atoms with Crippen molar-refractivity contribution in [1.82, 2.24) is 15.0 Å². The molecule has 2 aromatic carbocycles. The molecule has 0 radical (unpaired) electrons. The summed E-state index contributed by atoms with van der Waals surface area (Å²) in [6.07, 6.45) is 3.61. The van der Waals surface area contributed by atoms with Crippen LogP contribution >= 0.6 is 11.8 Å². The van der Waals surface area contributed by atoms with Crippen LogP contribution < -0.4 is 4.74 Å². The molecule has 2 heterocycles. The number of rotatable bonds is 4. The number of ether oxygens (including phenoxy) is 1. The summed E-state index contributed by atoms with van der Waals surface area (Å²) in [7, 11) is 1.67. The van der Waals surface area contributed by atoms with Gasteiger partial charge >= 0.3 is 0 Å². The van der Waals surface area contributed by atoms with Crippen LogP contribution in [0.4, 0.5) is 0 Å². The number of nitrogens with zero attached hydrogens (tertiary/aromatic N) is 2. The van der Waals surface area contributed by atoms with E-state index in [4.69, 9.17) is 4.74 Å². The summed E-state index contributed by atoms with van der Waals surface area (Å²) in [5.41, 5.74) is 3.89. The van der Waals surface area contributed by atoms with E-state index in [1.165, 1.54) is 0 Å². The van der Waals surface area contributed by atoms with Crippen LogP contribution in [0, 0.1) is 0 Å². The number of hydrogen-bond acceptors (Lipinski definition) is 4. The van der Waals surface area contributed by atoms with Crippen LogP contribution in [-0.4, -0.2) is 22.1 Å². The van der Waals surface area contributed by atoms with E-state index in [1.807, 2.05) is 48.7 Å². The van der Waals surface area contributed by atoms with Gasteiger partial charge < -0.3 is 9.72 Å². The Kier molecular flexibility index (Phi) is 3.92. The highest BCUT2D eigenvalue weighted by Crippen LogP contribution is 2.35. The van der Waals surface area contributed by atoms with Crippen molar-refractivity contribution in [2.75, 3.05) is 7.11 Å². The average Bonchev–Trinajstić information content (AvgIpc) is 3.06. The molecule has 0 fully saturated rings. The molecule has 0 aliphatic heterocycles. The fourth-order valence-corrected chi connectivity index (χ4v) is 3.47. The largest absolute Gasteiger partial charge is 0.497 e. The number of aromatic nitrogens is 3. The first-order valence-electron chi connectivity index (χ1n) is 7.54. The summed E-state index contributed by atoms with van der Waals surface area (Å²) in [6.45, 7) is 0. The maximum Gasteiger partial charge on any atom is 0.118 e. The molecule has 4 rings (SSSR count). The van der Waals surface area contributed by atoms with Gasteiger partial charge in [0.15, 0.2) is 0 Å². The number of fused-ring (bicyclic) bond motifs is 1. The van der Waals surface area contributed by atoms with Crippen LogP contribution in [0.1, 0.15) is 0 Å². The topological polar surface area (TPSA) is 50.8 Å². The molecule has 5 heteroatoms. The van der Waals surface area contributed by atoms with Gasteiger partial charge in [-0.05, 0) is 24.3 Å². The standard InChI is InChI=1S/C19H15N3OS/c1-23-14-7-9-15(10-8-14)24-16-11-20-19-17(21-12-22-18(16)19)13-5-3-2-4-6-13/h2-12,20H,1H3. The van der Waals surface area contributed by atoms with Crippen molar-refractivity contribution in [2.24, 2.45) is 0 Å². The maximum atomic E-state index is 5.20. The van der Waals surface area contributed by atoms with E-state index in [-0.39, 0.29) is 0 Å². The quantitative estimate of drug-likeness (QED) is 0.584. The van der Waals surface area contributed by atoms with Crippen molar-refractivity contribution in [3.63, 3.8) is 0 Å². The first kappa shape index (κ1) is 14.8. The molecule has 118 valence electrons. The molecule has 0 saturated carbocycles. The molecule has 0 aliphatic carbocycles. The van der Waals surface area contributed by atoms with Gasteiger partial charge in [0.1, 0.15) is 17.6 Å². The van der Waals surface area contributed by atoms with Gasteiger partial charge in [-0.1, -0.05) is 42.1 Å². The van der Waals surface area contributed by atoms with Gasteiger partial charge in [-0.25, -0.2) is 9.97 Å². The number of methoxy groups -OCH3 is 1. The summed E-state index contributed by atoms with van der Waals surface area (Å²) < 4.78 is 5.20. The van der Waals surface area contributed by atoms with Gasteiger partial charge in [0, 0.05) is 16.7 Å². The first-order chi connectivity index (χ1) is 11.8. The molecule has 0 amide bonds. The lowest BCUT2D eigenvalue weighted by molar-refractivity contribution is 0.414. The van der Waals surface area contributed by atoms with Gasteiger partial charge in [-0.2, -0.15) is 0 Å². The van der Waals surface area contributed by atoms with Gasteiger partial charge in [0.25, 0.3) is 0 Å². The fraction of sp³-hybridized carbons (Fsp3) is 0.0526. The van der Waals surface area contributed by atoms with E-state index in [0.717, 1.165) is 37.8 Å². The Bertz CT molecular complexity index is 965. The normalized spacial score (nSPS) is 10.9. The minimum Gasteiger partial charge on any atom is -0.497 e. The molecule has 0 spiro atoms. The predicted molar refractivity (Wildman–Crippen MR) is 96.4 cm³/mol. The summed E-state index contributed by atoms with van der Waals surface area (Å²) in [5, 5.41) is 0. The van der Waals surface area contributed by atoms with Gasteiger partial charge in [0.05, 0.1) is 23.2 Å². The molecule has 2 aromatic heterocycles. The molecule has 0 atom stereocenters. The van der Waals surface area contributed by atoms with Crippen LogP contribution in [-0.2, 0) is 0 Å². The van der Waals surface area contributed by atoms with Crippen molar-refractivity contribution in [3.05, 3.63) is 67.1 Å². The number of nitrogens with one attached hydrogen (secondary N) is 1. The zero-order valence-corrected chi connectivity index (χ0v) is 13.9. The van der Waals surface area contributed by atoms with Crippen molar-refractivity contribution in [3.8, 4) is 17.0 Å². The Hall–Kier alpha value is -2.79. The zero-order valence-electron chi connectivity index (χ0n) is 13.1. The lowest BCUT2D eigenvalue weighted by atomic mass is 10.1. The van der Waals surface area contributed by atoms with Gasteiger partial charge in [0.2, 0.25) is 0 Å². The minimum atomic E-state index is 0.854. The lowest BCUT2D eigenvalue weighted by Gasteiger charge is -2.03. The molecule has 0 aliphatic rings. The molecule has 0 unspecified atom stereocenters. The molecule has 0 saturated heterocycles. The number of hydrogen-bond donors (Lipinski definition) is 1. The van der Waals surface area contributed by atoms with E-state index in [2.05, 4.69) is 27.1 Å². The van der Waals surface area contributed by atoms with Gasteiger partial charge in [-0.15, -0.1) is 0 Å². The van der Waals surface area contributed by atoms with E-state index in [1.54, 1.807) is 25.2 Å². The molecule has 4 nitrogen and oxygen atoms in total. The van der Waals surface area contributed by atoms with E-state index in [9.17, 15) is 0 Å². The van der Waals surface area contributed by atoms with Crippen molar-refractivity contribution in [2.45, 2.75) is 9.79 Å². The van der Waals surface area contributed by atoms with Crippen LogP contribution in [0.2, 0.25) is 0 Å². The van der Waals surface area contributed by atoms with Crippen LogP contribution in [0.5, 0.6) is 5.75 Å². The second-order valence-corrected chi connectivity index (χ2v) is 6.36. The maximum absolute atomic E-state index is 5.20. The Morgan fingerprint density at radius 1 is 0.958 bits per heavy atom. The second kappa shape index (κ2) is 6.37. The third-order valence-electron chi connectivity index (χ3n) is 3.76. The lowest BCUT2D eigenvalue weighted by Crippen LogP contribution is -1.87. The minimum absolute atomic E-state index is 0.854. The Morgan fingerprint density at radius 3 is 2.50 bits per heavy atom. The SMILES string of the molecule is COc1ccc(Sc2c[nH]c3c(-c4ccccc4)ncnc23)cc1. The zero-order chi connectivity index (χ0) is 16.4. The van der Waals surface area contributed by atoms with E-state index >= 15 is 0 Å². The third kappa shape index (κ3) is 2.74. The molecule has 24 heavy (non-hydrogen) atoms. The highest BCUT2D eigenvalue weighted by atomic mass is 32.2. The monoisotopic (exact) mass is 333 g/mol. The van der Waals surface area contributed by atoms with Crippen LogP contribution in [0.25, 0.3) is 22.3 Å². The van der Waals surface area contributed by atoms with Crippen LogP contribution in [0.15, 0.2) is 76.9 Å². The Morgan fingerprint density at radius 2 is 1.75 bits per heavy atom. The predicted octanol–water partition coefficient (Wildman–Crippen LogP) is 4.78. The fourth-order valence-electron chi connectivity index (χ4n) is 2.58. The Labute approximate surface area is 143 Å². The van der Waals surface area contributed by atoms with Crippen molar-refractivity contribution < 1.29 is 4.74 Å². The van der Waals surface area contributed by atoms with E-state index in [0.29, 0.717) is 0 Å². The second-order valence-electron chi connectivity index (χ2n) is 5.24. The summed E-state index contributed by atoms with van der Waals surface area (Å²) in [6, 6.07) is 18.1. The smallest absolute Gasteiger partial charge is 0.118 e. The van der Waals surface area contributed by atoms with Crippen molar-refractivity contribution >= 4 is 22.8 Å². The molecule has 0 bridgehead atoms. The molecular weight excluding hydrogens is 318 g/mol. The first-order valence-corrected chi connectivity index (χ1v) is 8.36. The van der Waals surface area contributed by atoms with Crippen LogP contribution in [0.3, 0.4) is 0 Å². The van der Waals surface area contributed by atoms with E-state index < -0.39 is 0 Å². The molecule has 1 N–H and O–H groups in total.